The van der Waals surface area contributed by atoms with Crippen LogP contribution in [0.15, 0.2) is 46.0 Å². The van der Waals surface area contributed by atoms with Gasteiger partial charge in [0.25, 0.3) is 11.8 Å². The monoisotopic (exact) mass is 561 g/mol. The van der Waals surface area contributed by atoms with E-state index in [1.165, 1.54) is 6.21 Å². The molecule has 9 heteroatoms. The first-order valence-corrected chi connectivity index (χ1v) is 12.8. The van der Waals surface area contributed by atoms with Gasteiger partial charge in [0.2, 0.25) is 0 Å². The van der Waals surface area contributed by atoms with E-state index in [0.717, 1.165) is 5.56 Å². The Bertz CT molecular complexity index is 1060. The SMILES string of the molecule is CCOc1cc(/C=N\NC(=O)[C@H](CC(C)C)NC(=O)COc2ccccc2C)cc(Br)c1OC(C)C. The lowest BCUT2D eigenvalue weighted by Gasteiger charge is -2.19. The molecule has 0 unspecified atom stereocenters. The van der Waals surface area contributed by atoms with Crippen molar-refractivity contribution >= 4 is 34.0 Å². The molecule has 2 aromatic rings. The topological polar surface area (TPSA) is 98.2 Å². The van der Waals surface area contributed by atoms with E-state index < -0.39 is 11.9 Å². The molecule has 0 heterocycles. The first kappa shape index (κ1) is 29.2. The van der Waals surface area contributed by atoms with E-state index in [0.29, 0.717) is 40.3 Å². The molecule has 2 aromatic carbocycles. The molecule has 36 heavy (non-hydrogen) atoms. The molecule has 0 saturated heterocycles. The summed E-state index contributed by atoms with van der Waals surface area (Å²) in [6, 6.07) is 10.3. The van der Waals surface area contributed by atoms with Crippen molar-refractivity contribution in [1.82, 2.24) is 10.7 Å². The van der Waals surface area contributed by atoms with Crippen molar-refractivity contribution in [3.8, 4) is 17.2 Å². The van der Waals surface area contributed by atoms with Crippen LogP contribution in [-0.2, 0) is 9.59 Å². The van der Waals surface area contributed by atoms with Crippen molar-refractivity contribution in [3.05, 3.63) is 52.0 Å². The van der Waals surface area contributed by atoms with Gasteiger partial charge in [-0.15, -0.1) is 0 Å². The number of halogens is 1. The van der Waals surface area contributed by atoms with Crippen molar-refractivity contribution in [3.63, 3.8) is 0 Å². The smallest absolute Gasteiger partial charge is 0.262 e. The zero-order chi connectivity index (χ0) is 26.7. The second kappa shape index (κ2) is 14.5. The lowest BCUT2D eigenvalue weighted by atomic mass is 10.0. The predicted molar refractivity (Wildman–Crippen MR) is 145 cm³/mol. The van der Waals surface area contributed by atoms with E-state index in [9.17, 15) is 9.59 Å². The van der Waals surface area contributed by atoms with Crippen LogP contribution in [0.25, 0.3) is 0 Å². The average Bonchev–Trinajstić information content (AvgIpc) is 2.80. The Kier molecular flexibility index (Phi) is 11.7. The van der Waals surface area contributed by atoms with Gasteiger partial charge in [-0.3, -0.25) is 9.59 Å². The van der Waals surface area contributed by atoms with Gasteiger partial charge in [-0.25, -0.2) is 5.43 Å². The molecule has 196 valence electrons. The van der Waals surface area contributed by atoms with Gasteiger partial charge in [0, 0.05) is 0 Å². The van der Waals surface area contributed by atoms with Gasteiger partial charge < -0.3 is 19.5 Å². The van der Waals surface area contributed by atoms with Crippen LogP contribution in [0, 0.1) is 12.8 Å². The number of amides is 2. The van der Waals surface area contributed by atoms with E-state index in [-0.39, 0.29) is 24.5 Å². The molecule has 0 aliphatic heterocycles. The third kappa shape index (κ3) is 9.53. The maximum atomic E-state index is 12.8. The van der Waals surface area contributed by atoms with Gasteiger partial charge in [0.1, 0.15) is 11.8 Å². The summed E-state index contributed by atoms with van der Waals surface area (Å²) in [6.07, 6.45) is 1.95. The van der Waals surface area contributed by atoms with Gasteiger partial charge in [-0.2, -0.15) is 5.10 Å². The van der Waals surface area contributed by atoms with Gasteiger partial charge in [-0.1, -0.05) is 32.0 Å². The number of hydrogen-bond donors (Lipinski definition) is 2. The van der Waals surface area contributed by atoms with Crippen molar-refractivity contribution in [2.45, 2.75) is 60.1 Å². The number of nitrogens with zero attached hydrogens (tertiary/aromatic N) is 1. The second-order valence-electron chi connectivity index (χ2n) is 8.97. The fraction of sp³-hybridized carbons (Fsp3) is 0.444. The third-order valence-electron chi connectivity index (χ3n) is 4.88. The number of ether oxygens (including phenoxy) is 3. The molecule has 0 aromatic heterocycles. The third-order valence-corrected chi connectivity index (χ3v) is 5.47. The summed E-state index contributed by atoms with van der Waals surface area (Å²) in [6.45, 7) is 11.9. The lowest BCUT2D eigenvalue weighted by molar-refractivity contribution is -0.130. The normalized spacial score (nSPS) is 12.0. The van der Waals surface area contributed by atoms with E-state index >= 15 is 0 Å². The Labute approximate surface area is 221 Å². The first-order chi connectivity index (χ1) is 17.1. The fourth-order valence-corrected chi connectivity index (χ4v) is 3.88. The minimum Gasteiger partial charge on any atom is -0.490 e. The van der Waals surface area contributed by atoms with Crippen LogP contribution < -0.4 is 25.0 Å². The molecule has 0 aliphatic carbocycles. The van der Waals surface area contributed by atoms with Gasteiger partial charge >= 0.3 is 0 Å². The number of aryl methyl sites for hydroxylation is 1. The Morgan fingerprint density at radius 3 is 2.44 bits per heavy atom. The largest absolute Gasteiger partial charge is 0.490 e. The molecule has 2 amide bonds. The molecule has 2 rings (SSSR count). The highest BCUT2D eigenvalue weighted by Gasteiger charge is 2.22. The summed E-state index contributed by atoms with van der Waals surface area (Å²) in [5.74, 6) is 1.21. The van der Waals surface area contributed by atoms with Crippen molar-refractivity contribution in [1.29, 1.82) is 0 Å². The minimum absolute atomic E-state index is 0.0190. The number of carbonyl (C=O) groups excluding carboxylic acids is 2. The Morgan fingerprint density at radius 1 is 1.08 bits per heavy atom. The number of rotatable bonds is 13. The van der Waals surface area contributed by atoms with E-state index in [2.05, 4.69) is 31.8 Å². The summed E-state index contributed by atoms with van der Waals surface area (Å²) < 4.78 is 17.9. The zero-order valence-corrected chi connectivity index (χ0v) is 23.3. The number of carbonyl (C=O) groups is 2. The van der Waals surface area contributed by atoms with Gasteiger partial charge in [-0.05, 0) is 85.3 Å². The van der Waals surface area contributed by atoms with Crippen molar-refractivity contribution in [2.75, 3.05) is 13.2 Å². The maximum Gasteiger partial charge on any atom is 0.262 e. The van der Waals surface area contributed by atoms with Crippen LogP contribution in [0.2, 0.25) is 0 Å². The van der Waals surface area contributed by atoms with Gasteiger partial charge in [0.05, 0.1) is 23.4 Å². The molecule has 0 bridgehead atoms. The second-order valence-corrected chi connectivity index (χ2v) is 9.82. The Balaban J connectivity index is 2.04. The minimum atomic E-state index is -0.748. The van der Waals surface area contributed by atoms with Crippen LogP contribution in [-0.4, -0.2) is 43.4 Å². The number of para-hydroxylation sites is 1. The number of hydrogen-bond acceptors (Lipinski definition) is 6. The molecular weight excluding hydrogens is 526 g/mol. The molecule has 0 radical (unpaired) electrons. The lowest BCUT2D eigenvalue weighted by Crippen LogP contribution is -2.47. The molecule has 8 nitrogen and oxygen atoms in total. The van der Waals surface area contributed by atoms with E-state index in [4.69, 9.17) is 14.2 Å². The highest BCUT2D eigenvalue weighted by atomic mass is 79.9. The summed E-state index contributed by atoms with van der Waals surface area (Å²) in [4.78, 5) is 25.3. The summed E-state index contributed by atoms with van der Waals surface area (Å²) in [7, 11) is 0. The molecule has 0 saturated carbocycles. The number of nitrogens with one attached hydrogen (secondary N) is 2. The fourth-order valence-electron chi connectivity index (χ4n) is 3.32. The summed E-state index contributed by atoms with van der Waals surface area (Å²) in [5, 5.41) is 6.84. The number of hydrazone groups is 1. The molecular formula is C27H36BrN3O5. The highest BCUT2D eigenvalue weighted by molar-refractivity contribution is 9.10. The molecule has 2 N–H and O–H groups in total. The standard InChI is InChI=1S/C27H36BrN3O5/c1-7-34-24-14-20(13-21(28)26(24)36-18(4)5)15-29-31-27(33)22(12-17(2)3)30-25(32)16-35-23-11-9-8-10-19(23)6/h8-11,13-15,17-18,22H,7,12,16H2,1-6H3,(H,30,32)(H,31,33)/b29-15-/t22-/m0/s1. The molecule has 0 spiro atoms. The van der Waals surface area contributed by atoms with Crippen LogP contribution >= 0.6 is 15.9 Å². The molecule has 0 fully saturated rings. The van der Waals surface area contributed by atoms with E-state index in [1.807, 2.05) is 65.8 Å². The Morgan fingerprint density at radius 2 is 1.81 bits per heavy atom. The Hall–Kier alpha value is -3.07. The highest BCUT2D eigenvalue weighted by Crippen LogP contribution is 2.37. The molecule has 1 atom stereocenters. The van der Waals surface area contributed by atoms with Crippen LogP contribution in [0.1, 0.15) is 52.2 Å². The average molecular weight is 563 g/mol. The first-order valence-electron chi connectivity index (χ1n) is 12.0. The van der Waals surface area contributed by atoms with Crippen molar-refractivity contribution in [2.24, 2.45) is 11.0 Å². The van der Waals surface area contributed by atoms with Crippen molar-refractivity contribution < 1.29 is 23.8 Å². The summed E-state index contributed by atoms with van der Waals surface area (Å²) in [5.41, 5.74) is 4.17. The zero-order valence-electron chi connectivity index (χ0n) is 21.8. The maximum absolute atomic E-state index is 12.8. The predicted octanol–water partition coefficient (Wildman–Crippen LogP) is 5.00. The van der Waals surface area contributed by atoms with E-state index in [1.54, 1.807) is 12.1 Å². The van der Waals surface area contributed by atoms with Crippen LogP contribution in [0.3, 0.4) is 0 Å². The summed E-state index contributed by atoms with van der Waals surface area (Å²) >= 11 is 3.52. The van der Waals surface area contributed by atoms with Gasteiger partial charge in [0.15, 0.2) is 18.1 Å². The van der Waals surface area contributed by atoms with Crippen LogP contribution in [0.5, 0.6) is 17.2 Å². The quantitative estimate of drug-likeness (QED) is 0.265. The number of benzene rings is 2. The van der Waals surface area contributed by atoms with Crippen LogP contribution in [0.4, 0.5) is 0 Å². The molecule has 0 aliphatic rings.